The molecule has 0 heterocycles. The Hall–Kier alpha value is -1.74. The number of rotatable bonds is 5. The number of isocyanates is 1. The molecule has 0 aromatic heterocycles. The number of aliphatic imine (C=N–C) groups is 1. The van der Waals surface area contributed by atoms with Crippen LogP contribution < -0.4 is 4.74 Å². The fourth-order valence-electron chi connectivity index (χ4n) is 1.24. The molecule has 0 spiro atoms. The van der Waals surface area contributed by atoms with Crippen molar-refractivity contribution in [3.05, 3.63) is 29.8 Å². The standard InChI is InChI=1S/C11H11F2NO2/c1-16-10-4-2-3-9(7-10)11(12,13)5-6-14-8-15/h2-4,7H,5-6H2,1H3. The highest BCUT2D eigenvalue weighted by Gasteiger charge is 2.31. The second-order valence-corrected chi connectivity index (χ2v) is 3.16. The van der Waals surface area contributed by atoms with E-state index in [1.807, 2.05) is 0 Å². The normalized spacial score (nSPS) is 10.7. The average Bonchev–Trinajstić information content (AvgIpc) is 2.29. The Morgan fingerprint density at radius 3 is 2.88 bits per heavy atom. The van der Waals surface area contributed by atoms with E-state index in [1.165, 1.54) is 31.4 Å². The van der Waals surface area contributed by atoms with Crippen LogP contribution in [0.3, 0.4) is 0 Å². The molecule has 86 valence electrons. The quantitative estimate of drug-likeness (QED) is 0.572. The fourth-order valence-corrected chi connectivity index (χ4v) is 1.24. The van der Waals surface area contributed by atoms with Crippen molar-refractivity contribution in [3.8, 4) is 5.75 Å². The van der Waals surface area contributed by atoms with E-state index in [9.17, 15) is 13.6 Å². The molecule has 1 aromatic carbocycles. The van der Waals surface area contributed by atoms with Crippen molar-refractivity contribution in [2.24, 2.45) is 4.99 Å². The van der Waals surface area contributed by atoms with Gasteiger partial charge in [-0.1, -0.05) is 12.1 Å². The summed E-state index contributed by atoms with van der Waals surface area (Å²) in [5, 5.41) is 0. The number of hydrogen-bond acceptors (Lipinski definition) is 3. The second-order valence-electron chi connectivity index (χ2n) is 3.16. The minimum atomic E-state index is -3.02. The van der Waals surface area contributed by atoms with Gasteiger partial charge in [-0.3, -0.25) is 0 Å². The third-order valence-electron chi connectivity index (χ3n) is 2.09. The zero-order valence-electron chi connectivity index (χ0n) is 8.74. The fraction of sp³-hybridized carbons (Fsp3) is 0.364. The van der Waals surface area contributed by atoms with Crippen LogP contribution >= 0.6 is 0 Å². The van der Waals surface area contributed by atoms with E-state index in [2.05, 4.69) is 4.99 Å². The highest BCUT2D eigenvalue weighted by Crippen LogP contribution is 2.33. The number of ether oxygens (including phenoxy) is 1. The first-order valence-electron chi connectivity index (χ1n) is 4.66. The number of hydrogen-bond donors (Lipinski definition) is 0. The lowest BCUT2D eigenvalue weighted by Crippen LogP contribution is -2.14. The van der Waals surface area contributed by atoms with Crippen molar-refractivity contribution >= 4 is 6.08 Å². The van der Waals surface area contributed by atoms with Crippen LogP contribution in [-0.2, 0) is 10.7 Å². The molecule has 0 saturated carbocycles. The van der Waals surface area contributed by atoms with Crippen LogP contribution in [0.5, 0.6) is 5.75 Å². The first kappa shape index (κ1) is 12.3. The molecule has 0 unspecified atom stereocenters. The summed E-state index contributed by atoms with van der Waals surface area (Å²) < 4.78 is 32.0. The van der Waals surface area contributed by atoms with Gasteiger partial charge in [0.1, 0.15) is 5.75 Å². The van der Waals surface area contributed by atoms with E-state index in [4.69, 9.17) is 4.74 Å². The van der Waals surface area contributed by atoms with Crippen molar-refractivity contribution in [1.29, 1.82) is 0 Å². The molecule has 0 aliphatic carbocycles. The van der Waals surface area contributed by atoms with Crippen molar-refractivity contribution in [1.82, 2.24) is 0 Å². The van der Waals surface area contributed by atoms with Crippen LogP contribution in [-0.4, -0.2) is 19.7 Å². The van der Waals surface area contributed by atoms with Crippen LogP contribution in [0.1, 0.15) is 12.0 Å². The molecule has 0 aliphatic heterocycles. The summed E-state index contributed by atoms with van der Waals surface area (Å²) in [6.07, 6.45) is 0.713. The lowest BCUT2D eigenvalue weighted by molar-refractivity contribution is -0.0107. The van der Waals surface area contributed by atoms with Crippen molar-refractivity contribution < 1.29 is 18.3 Å². The number of nitrogens with zero attached hydrogens (tertiary/aromatic N) is 1. The number of benzene rings is 1. The smallest absolute Gasteiger partial charge is 0.275 e. The SMILES string of the molecule is COc1cccc(C(F)(F)CCN=C=O)c1. The number of halogens is 2. The van der Waals surface area contributed by atoms with Gasteiger partial charge in [-0.15, -0.1) is 0 Å². The summed E-state index contributed by atoms with van der Waals surface area (Å²) in [6.45, 7) is -0.242. The highest BCUT2D eigenvalue weighted by atomic mass is 19.3. The predicted molar refractivity (Wildman–Crippen MR) is 54.5 cm³/mol. The molecule has 0 bridgehead atoms. The van der Waals surface area contributed by atoms with E-state index < -0.39 is 12.3 Å². The predicted octanol–water partition coefficient (Wildman–Crippen LogP) is 2.51. The first-order valence-corrected chi connectivity index (χ1v) is 4.66. The molecule has 0 amide bonds. The maximum atomic E-state index is 13.6. The molecule has 1 rings (SSSR count). The van der Waals surface area contributed by atoms with Gasteiger partial charge >= 0.3 is 0 Å². The monoisotopic (exact) mass is 227 g/mol. The molecule has 0 radical (unpaired) electrons. The van der Waals surface area contributed by atoms with Gasteiger partial charge in [0.05, 0.1) is 13.7 Å². The van der Waals surface area contributed by atoms with E-state index >= 15 is 0 Å². The lowest BCUT2D eigenvalue weighted by Gasteiger charge is -2.15. The molecule has 0 atom stereocenters. The van der Waals surface area contributed by atoms with Gasteiger partial charge in [0.25, 0.3) is 5.92 Å². The van der Waals surface area contributed by atoms with Gasteiger partial charge in [-0.2, -0.15) is 0 Å². The van der Waals surface area contributed by atoms with E-state index in [-0.39, 0.29) is 12.1 Å². The van der Waals surface area contributed by atoms with Gasteiger partial charge in [-0.05, 0) is 12.1 Å². The lowest BCUT2D eigenvalue weighted by atomic mass is 10.1. The highest BCUT2D eigenvalue weighted by molar-refractivity contribution is 5.33. The minimum Gasteiger partial charge on any atom is -0.497 e. The van der Waals surface area contributed by atoms with E-state index in [0.29, 0.717) is 5.75 Å². The molecule has 3 nitrogen and oxygen atoms in total. The summed E-state index contributed by atoms with van der Waals surface area (Å²) in [5.41, 5.74) is -0.145. The van der Waals surface area contributed by atoms with Crippen LogP contribution in [0.4, 0.5) is 8.78 Å². The summed E-state index contributed by atoms with van der Waals surface area (Å²) in [4.78, 5) is 12.9. The van der Waals surface area contributed by atoms with Crippen LogP contribution in [0.25, 0.3) is 0 Å². The van der Waals surface area contributed by atoms with Crippen molar-refractivity contribution in [3.63, 3.8) is 0 Å². The zero-order valence-corrected chi connectivity index (χ0v) is 8.74. The van der Waals surface area contributed by atoms with Gasteiger partial charge in [0.2, 0.25) is 6.08 Å². The second kappa shape index (κ2) is 5.37. The maximum absolute atomic E-state index is 13.6. The van der Waals surface area contributed by atoms with Gasteiger partial charge < -0.3 is 4.74 Å². The molecule has 5 heteroatoms. The number of alkyl halides is 2. The third-order valence-corrected chi connectivity index (χ3v) is 2.09. The van der Waals surface area contributed by atoms with Crippen LogP contribution in [0, 0.1) is 0 Å². The topological polar surface area (TPSA) is 38.7 Å². The van der Waals surface area contributed by atoms with Crippen molar-refractivity contribution in [2.45, 2.75) is 12.3 Å². The van der Waals surface area contributed by atoms with E-state index in [1.54, 1.807) is 6.07 Å². The van der Waals surface area contributed by atoms with Crippen LogP contribution in [0.2, 0.25) is 0 Å². The molecule has 16 heavy (non-hydrogen) atoms. The van der Waals surface area contributed by atoms with Gasteiger partial charge in [-0.25, -0.2) is 18.6 Å². The Balaban J connectivity index is 2.83. The summed E-state index contributed by atoms with van der Waals surface area (Å²) >= 11 is 0. The van der Waals surface area contributed by atoms with Gasteiger partial charge in [0.15, 0.2) is 0 Å². The van der Waals surface area contributed by atoms with Crippen molar-refractivity contribution in [2.75, 3.05) is 13.7 Å². The molecular formula is C11H11F2NO2. The number of carbonyl (C=O) groups excluding carboxylic acids is 1. The summed E-state index contributed by atoms with van der Waals surface area (Å²) in [7, 11) is 1.41. The Morgan fingerprint density at radius 2 is 2.25 bits per heavy atom. The van der Waals surface area contributed by atoms with Gasteiger partial charge in [0, 0.05) is 12.0 Å². The molecule has 0 saturated heterocycles. The summed E-state index contributed by atoms with van der Waals surface area (Å²) in [5.74, 6) is -2.65. The third kappa shape index (κ3) is 3.14. The zero-order chi connectivity index (χ0) is 12.0. The summed E-state index contributed by atoms with van der Waals surface area (Å²) in [6, 6.07) is 5.66. The van der Waals surface area contributed by atoms with E-state index in [0.717, 1.165) is 0 Å². The Kier molecular flexibility index (Phi) is 4.14. The Morgan fingerprint density at radius 1 is 1.50 bits per heavy atom. The Bertz CT molecular complexity index is 401. The first-order chi connectivity index (χ1) is 7.60. The molecular weight excluding hydrogens is 216 g/mol. The molecule has 0 aliphatic rings. The minimum absolute atomic E-state index is 0.145. The maximum Gasteiger partial charge on any atom is 0.275 e. The average molecular weight is 227 g/mol. The largest absolute Gasteiger partial charge is 0.497 e. The number of methoxy groups -OCH3 is 1. The molecule has 1 aromatic rings. The molecule has 0 N–H and O–H groups in total. The van der Waals surface area contributed by atoms with Crippen LogP contribution in [0.15, 0.2) is 29.3 Å². The Labute approximate surface area is 91.8 Å². The molecule has 0 fully saturated rings.